The van der Waals surface area contributed by atoms with Crippen LogP contribution in [-0.2, 0) is 19.1 Å². The Labute approximate surface area is 70.1 Å². The van der Waals surface area contributed by atoms with E-state index in [1.165, 1.54) is 7.11 Å². The zero-order chi connectivity index (χ0) is 9.40. The molecule has 0 saturated carbocycles. The van der Waals surface area contributed by atoms with Crippen LogP contribution in [0.15, 0.2) is 12.2 Å². The fourth-order valence-electron chi connectivity index (χ4n) is 0.412. The Morgan fingerprint density at radius 2 is 1.92 bits per heavy atom. The molecule has 0 saturated heterocycles. The van der Waals surface area contributed by atoms with E-state index < -0.39 is 11.9 Å². The molecule has 0 heterocycles. The first-order valence-electron chi connectivity index (χ1n) is 3.33. The number of carbonyl (C=O) groups excluding carboxylic acids is 2. The summed E-state index contributed by atoms with van der Waals surface area (Å²) in [5.74, 6) is -1.20. The molecule has 68 valence electrons. The van der Waals surface area contributed by atoms with Crippen LogP contribution in [0.3, 0.4) is 0 Å². The van der Waals surface area contributed by atoms with E-state index in [1.807, 2.05) is 0 Å². The number of methoxy groups -OCH3 is 1. The average molecular weight is 173 g/mol. The van der Waals surface area contributed by atoms with Gasteiger partial charge < -0.3 is 15.2 Å². The third-order valence-electron chi connectivity index (χ3n) is 0.919. The number of esters is 2. The summed E-state index contributed by atoms with van der Waals surface area (Å²) in [4.78, 5) is 21.1. The minimum absolute atomic E-state index is 0.143. The van der Waals surface area contributed by atoms with E-state index in [0.717, 1.165) is 12.2 Å². The van der Waals surface area contributed by atoms with Gasteiger partial charge in [-0.05, 0) is 0 Å². The van der Waals surface area contributed by atoms with Crippen LogP contribution in [-0.4, -0.2) is 32.2 Å². The van der Waals surface area contributed by atoms with Crippen LogP contribution in [0.5, 0.6) is 0 Å². The lowest BCUT2D eigenvalue weighted by Gasteiger charge is -1.96. The number of nitrogens with two attached hydrogens (primary N) is 1. The quantitative estimate of drug-likeness (QED) is 0.445. The molecule has 0 aromatic heterocycles. The summed E-state index contributed by atoms with van der Waals surface area (Å²) in [6.45, 7) is 0.405. The van der Waals surface area contributed by atoms with Crippen molar-refractivity contribution in [1.29, 1.82) is 0 Å². The van der Waals surface area contributed by atoms with Crippen molar-refractivity contribution in [3.8, 4) is 0 Å². The molecule has 5 heteroatoms. The van der Waals surface area contributed by atoms with Crippen LogP contribution in [0.1, 0.15) is 0 Å². The molecule has 0 aromatic rings. The van der Waals surface area contributed by atoms with Crippen molar-refractivity contribution in [3.63, 3.8) is 0 Å². The Hall–Kier alpha value is -1.36. The summed E-state index contributed by atoms with van der Waals surface area (Å²) >= 11 is 0. The molecular weight excluding hydrogens is 162 g/mol. The fourth-order valence-corrected chi connectivity index (χ4v) is 0.412. The second-order valence-electron chi connectivity index (χ2n) is 1.81. The first-order valence-corrected chi connectivity index (χ1v) is 3.33. The highest BCUT2D eigenvalue weighted by Crippen LogP contribution is 1.82. The lowest BCUT2D eigenvalue weighted by atomic mass is 10.5. The number of hydrogen-bond acceptors (Lipinski definition) is 5. The van der Waals surface area contributed by atoms with Gasteiger partial charge in [-0.1, -0.05) is 0 Å². The predicted molar refractivity (Wildman–Crippen MR) is 41.2 cm³/mol. The molecule has 0 atom stereocenters. The van der Waals surface area contributed by atoms with Crippen molar-refractivity contribution in [1.82, 2.24) is 0 Å². The smallest absolute Gasteiger partial charge is 0.331 e. The highest BCUT2D eigenvalue weighted by Gasteiger charge is 1.97. The number of carbonyl (C=O) groups is 2. The summed E-state index contributed by atoms with van der Waals surface area (Å²) in [7, 11) is 1.22. The van der Waals surface area contributed by atoms with E-state index in [2.05, 4.69) is 9.47 Å². The molecule has 0 unspecified atom stereocenters. The lowest BCUT2D eigenvalue weighted by Crippen LogP contribution is -2.12. The maximum atomic E-state index is 10.6. The average Bonchev–Trinajstić information content (AvgIpc) is 2.10. The highest BCUT2D eigenvalue weighted by atomic mass is 16.5. The van der Waals surface area contributed by atoms with Gasteiger partial charge in [0.25, 0.3) is 0 Å². The van der Waals surface area contributed by atoms with Crippen LogP contribution in [0.4, 0.5) is 0 Å². The lowest BCUT2D eigenvalue weighted by molar-refractivity contribution is -0.139. The van der Waals surface area contributed by atoms with Gasteiger partial charge in [-0.3, -0.25) is 0 Å². The molecule has 12 heavy (non-hydrogen) atoms. The van der Waals surface area contributed by atoms with Crippen molar-refractivity contribution in [2.75, 3.05) is 20.3 Å². The molecule has 0 aromatic carbocycles. The molecule has 0 amide bonds. The molecule has 0 rings (SSSR count). The maximum absolute atomic E-state index is 10.6. The molecule has 0 radical (unpaired) electrons. The SMILES string of the molecule is COC(=O)/C=C/C(=O)OCCN. The Kier molecular flexibility index (Phi) is 5.64. The third-order valence-corrected chi connectivity index (χ3v) is 0.919. The normalized spacial score (nSPS) is 9.83. The standard InChI is InChI=1S/C7H11NO4/c1-11-6(9)2-3-7(10)12-5-4-8/h2-3H,4-5,8H2,1H3/b3-2+. The maximum Gasteiger partial charge on any atom is 0.331 e. The van der Waals surface area contributed by atoms with Gasteiger partial charge in [0.15, 0.2) is 0 Å². The van der Waals surface area contributed by atoms with E-state index in [-0.39, 0.29) is 13.2 Å². The number of ether oxygens (including phenoxy) is 2. The Morgan fingerprint density at radius 1 is 1.33 bits per heavy atom. The molecule has 0 fully saturated rings. The predicted octanol–water partition coefficient (Wildman–Crippen LogP) is -0.782. The molecule has 0 aliphatic heterocycles. The zero-order valence-corrected chi connectivity index (χ0v) is 6.78. The summed E-state index contributed by atoms with van der Waals surface area (Å²) in [6, 6.07) is 0. The molecule has 2 N–H and O–H groups in total. The fraction of sp³-hybridized carbons (Fsp3) is 0.429. The van der Waals surface area contributed by atoms with Crippen molar-refractivity contribution < 1.29 is 19.1 Å². The minimum atomic E-state index is -0.606. The van der Waals surface area contributed by atoms with Crippen LogP contribution in [0.2, 0.25) is 0 Å². The van der Waals surface area contributed by atoms with E-state index in [4.69, 9.17) is 5.73 Å². The van der Waals surface area contributed by atoms with Gasteiger partial charge in [0.1, 0.15) is 6.61 Å². The molecule has 0 aliphatic rings. The molecule has 0 spiro atoms. The van der Waals surface area contributed by atoms with Gasteiger partial charge in [0.2, 0.25) is 0 Å². The Bertz CT molecular complexity index is 188. The van der Waals surface area contributed by atoms with E-state index in [1.54, 1.807) is 0 Å². The zero-order valence-electron chi connectivity index (χ0n) is 6.78. The van der Waals surface area contributed by atoms with E-state index in [0.29, 0.717) is 0 Å². The first kappa shape index (κ1) is 10.6. The molecule has 0 aliphatic carbocycles. The largest absolute Gasteiger partial charge is 0.466 e. The van der Waals surface area contributed by atoms with E-state index >= 15 is 0 Å². The topological polar surface area (TPSA) is 78.6 Å². The Morgan fingerprint density at radius 3 is 2.42 bits per heavy atom. The second kappa shape index (κ2) is 6.36. The molecule has 0 bridgehead atoms. The van der Waals surface area contributed by atoms with Crippen molar-refractivity contribution in [2.24, 2.45) is 5.73 Å². The van der Waals surface area contributed by atoms with Gasteiger partial charge in [-0.15, -0.1) is 0 Å². The summed E-state index contributed by atoms with van der Waals surface area (Å²) in [5, 5.41) is 0. The Balaban J connectivity index is 3.67. The minimum Gasteiger partial charge on any atom is -0.466 e. The molecular formula is C7H11NO4. The van der Waals surface area contributed by atoms with Crippen molar-refractivity contribution in [3.05, 3.63) is 12.2 Å². The number of hydrogen-bond donors (Lipinski definition) is 1. The summed E-state index contributed by atoms with van der Waals surface area (Å²) in [6.07, 6.45) is 1.97. The molecule has 5 nitrogen and oxygen atoms in total. The van der Waals surface area contributed by atoms with E-state index in [9.17, 15) is 9.59 Å². The highest BCUT2D eigenvalue weighted by molar-refractivity contribution is 5.91. The monoisotopic (exact) mass is 173 g/mol. The first-order chi connectivity index (χ1) is 5.70. The van der Waals surface area contributed by atoms with Crippen molar-refractivity contribution >= 4 is 11.9 Å². The van der Waals surface area contributed by atoms with Gasteiger partial charge in [0.05, 0.1) is 7.11 Å². The van der Waals surface area contributed by atoms with Gasteiger partial charge >= 0.3 is 11.9 Å². The van der Waals surface area contributed by atoms with Crippen LogP contribution >= 0.6 is 0 Å². The number of rotatable bonds is 4. The second-order valence-corrected chi connectivity index (χ2v) is 1.81. The summed E-state index contributed by atoms with van der Waals surface area (Å²) < 4.78 is 8.77. The van der Waals surface area contributed by atoms with Gasteiger partial charge in [0, 0.05) is 18.7 Å². The van der Waals surface area contributed by atoms with Crippen molar-refractivity contribution in [2.45, 2.75) is 0 Å². The van der Waals surface area contributed by atoms with Crippen LogP contribution < -0.4 is 5.73 Å². The summed E-state index contributed by atoms with van der Waals surface area (Å²) in [5.41, 5.74) is 5.07. The van der Waals surface area contributed by atoms with Gasteiger partial charge in [-0.25, -0.2) is 9.59 Å². The van der Waals surface area contributed by atoms with Gasteiger partial charge in [-0.2, -0.15) is 0 Å². The van der Waals surface area contributed by atoms with Crippen LogP contribution in [0, 0.1) is 0 Å². The third kappa shape index (κ3) is 5.43. The van der Waals surface area contributed by atoms with Crippen LogP contribution in [0.25, 0.3) is 0 Å².